The SMILES string of the molecule is CC(C)COC(=O)CCCCC(=O)Oc1c(Cl)cc(Cl)c(Cl)c1Cl. The first-order chi connectivity index (χ1) is 11.2. The molecule has 8 heteroatoms. The minimum Gasteiger partial charge on any atom is -0.465 e. The summed E-state index contributed by atoms with van der Waals surface area (Å²) in [6, 6.07) is 1.35. The first-order valence-electron chi connectivity index (χ1n) is 7.41. The Morgan fingerprint density at radius 2 is 1.54 bits per heavy atom. The number of esters is 2. The summed E-state index contributed by atoms with van der Waals surface area (Å²) in [6.07, 6.45) is 1.37. The maximum atomic E-state index is 11.8. The zero-order valence-corrected chi connectivity index (χ0v) is 16.4. The summed E-state index contributed by atoms with van der Waals surface area (Å²) in [4.78, 5) is 23.3. The molecule has 1 rings (SSSR count). The molecule has 0 bridgehead atoms. The molecule has 0 amide bonds. The Labute approximate surface area is 161 Å². The quantitative estimate of drug-likeness (QED) is 0.172. The molecule has 0 fully saturated rings. The molecule has 0 saturated heterocycles. The fraction of sp³-hybridized carbons (Fsp3) is 0.500. The van der Waals surface area contributed by atoms with Crippen LogP contribution in [-0.2, 0) is 14.3 Å². The predicted octanol–water partition coefficient (Wildman–Crippen LogP) is 5.97. The van der Waals surface area contributed by atoms with Gasteiger partial charge in [-0.1, -0.05) is 60.3 Å². The molecule has 0 unspecified atom stereocenters. The number of carbonyl (C=O) groups excluding carboxylic acids is 2. The van der Waals surface area contributed by atoms with Gasteiger partial charge >= 0.3 is 11.9 Å². The van der Waals surface area contributed by atoms with Crippen molar-refractivity contribution in [3.8, 4) is 5.75 Å². The van der Waals surface area contributed by atoms with Gasteiger partial charge in [-0.05, 0) is 24.8 Å². The van der Waals surface area contributed by atoms with Crippen LogP contribution < -0.4 is 4.74 Å². The number of benzene rings is 1. The lowest BCUT2D eigenvalue weighted by atomic mass is 10.2. The van der Waals surface area contributed by atoms with Crippen LogP contribution >= 0.6 is 46.4 Å². The van der Waals surface area contributed by atoms with Crippen molar-refractivity contribution in [2.45, 2.75) is 39.5 Å². The van der Waals surface area contributed by atoms with Crippen molar-refractivity contribution >= 4 is 58.3 Å². The second kappa shape index (κ2) is 10.3. The second-order valence-electron chi connectivity index (χ2n) is 5.56. The molecular weight excluding hydrogens is 398 g/mol. The molecule has 24 heavy (non-hydrogen) atoms. The minimum atomic E-state index is -0.521. The summed E-state index contributed by atoms with van der Waals surface area (Å²) < 4.78 is 10.2. The molecule has 0 atom stereocenters. The molecule has 0 aliphatic heterocycles. The molecule has 0 N–H and O–H groups in total. The number of ether oxygens (including phenoxy) is 2. The average molecular weight is 416 g/mol. The van der Waals surface area contributed by atoms with Crippen LogP contribution in [0.3, 0.4) is 0 Å². The lowest BCUT2D eigenvalue weighted by Crippen LogP contribution is -2.11. The largest absolute Gasteiger partial charge is 0.465 e. The zero-order chi connectivity index (χ0) is 18.3. The number of halogens is 4. The van der Waals surface area contributed by atoms with Crippen molar-refractivity contribution in [2.75, 3.05) is 6.61 Å². The van der Waals surface area contributed by atoms with Crippen molar-refractivity contribution < 1.29 is 19.1 Å². The smallest absolute Gasteiger partial charge is 0.311 e. The maximum absolute atomic E-state index is 11.8. The molecule has 1 aromatic rings. The molecular formula is C16H18Cl4O4. The fourth-order valence-corrected chi connectivity index (χ4v) is 2.66. The van der Waals surface area contributed by atoms with E-state index < -0.39 is 5.97 Å². The van der Waals surface area contributed by atoms with Crippen LogP contribution in [0.1, 0.15) is 39.5 Å². The number of unbranched alkanes of at least 4 members (excludes halogenated alkanes) is 1. The Bertz CT molecular complexity index is 602. The van der Waals surface area contributed by atoms with Crippen LogP contribution in [0.2, 0.25) is 20.1 Å². The molecule has 0 radical (unpaired) electrons. The van der Waals surface area contributed by atoms with Crippen molar-refractivity contribution in [3.05, 3.63) is 26.2 Å². The predicted molar refractivity (Wildman–Crippen MR) is 96.4 cm³/mol. The number of hydrogen-bond donors (Lipinski definition) is 0. The third-order valence-corrected chi connectivity index (χ3v) is 4.40. The lowest BCUT2D eigenvalue weighted by molar-refractivity contribution is -0.145. The summed E-state index contributed by atoms with van der Waals surface area (Å²) in [5, 5.41) is 0.324. The van der Waals surface area contributed by atoms with Gasteiger partial charge in [-0.2, -0.15) is 0 Å². The summed E-state index contributed by atoms with van der Waals surface area (Å²) in [5.74, 6) is -0.515. The van der Waals surface area contributed by atoms with E-state index in [9.17, 15) is 9.59 Å². The van der Waals surface area contributed by atoms with Crippen LogP contribution in [-0.4, -0.2) is 18.5 Å². The molecule has 0 spiro atoms. The standard InChI is InChI=1S/C16H18Cl4O4/c1-9(2)8-23-12(21)5-3-4-6-13(22)24-16-11(18)7-10(17)14(19)15(16)20/h7,9H,3-6,8H2,1-2H3. The van der Waals surface area contributed by atoms with Crippen molar-refractivity contribution in [1.29, 1.82) is 0 Å². The molecule has 0 aliphatic rings. The van der Waals surface area contributed by atoms with Crippen molar-refractivity contribution in [2.24, 2.45) is 5.92 Å². The van der Waals surface area contributed by atoms with E-state index in [1.165, 1.54) is 6.07 Å². The van der Waals surface area contributed by atoms with Gasteiger partial charge < -0.3 is 9.47 Å². The summed E-state index contributed by atoms with van der Waals surface area (Å²) in [7, 11) is 0. The highest BCUT2D eigenvalue weighted by Gasteiger charge is 2.18. The third kappa shape index (κ3) is 7.06. The second-order valence-corrected chi connectivity index (χ2v) is 7.13. The first kappa shape index (κ1) is 21.4. The summed E-state index contributed by atoms with van der Waals surface area (Å²) in [6.45, 7) is 4.32. The molecule has 4 nitrogen and oxygen atoms in total. The molecule has 134 valence electrons. The third-order valence-electron chi connectivity index (χ3n) is 2.88. The van der Waals surface area contributed by atoms with Gasteiger partial charge in [-0.25, -0.2) is 0 Å². The van der Waals surface area contributed by atoms with Crippen LogP contribution in [0.5, 0.6) is 5.75 Å². The Balaban J connectivity index is 2.40. The van der Waals surface area contributed by atoms with Crippen molar-refractivity contribution in [3.63, 3.8) is 0 Å². The van der Waals surface area contributed by atoms with E-state index in [0.29, 0.717) is 25.4 Å². The van der Waals surface area contributed by atoms with Gasteiger partial charge in [0.05, 0.1) is 21.7 Å². The zero-order valence-electron chi connectivity index (χ0n) is 13.3. The van der Waals surface area contributed by atoms with E-state index in [2.05, 4.69) is 0 Å². The van der Waals surface area contributed by atoms with E-state index in [1.807, 2.05) is 13.8 Å². The highest BCUT2D eigenvalue weighted by molar-refractivity contribution is 6.50. The normalized spacial score (nSPS) is 10.8. The van der Waals surface area contributed by atoms with Gasteiger partial charge in [0.2, 0.25) is 0 Å². The Kier molecular flexibility index (Phi) is 9.21. The van der Waals surface area contributed by atoms with E-state index in [-0.39, 0.29) is 44.7 Å². The van der Waals surface area contributed by atoms with Crippen molar-refractivity contribution in [1.82, 2.24) is 0 Å². The van der Waals surface area contributed by atoms with Crippen LogP contribution in [0.4, 0.5) is 0 Å². The molecule has 0 aliphatic carbocycles. The van der Waals surface area contributed by atoms with Crippen LogP contribution in [0.25, 0.3) is 0 Å². The maximum Gasteiger partial charge on any atom is 0.311 e. The Morgan fingerprint density at radius 1 is 0.958 bits per heavy atom. The van der Waals surface area contributed by atoms with Crippen LogP contribution in [0.15, 0.2) is 6.07 Å². The number of carbonyl (C=O) groups is 2. The molecule has 0 saturated carbocycles. The summed E-state index contributed by atoms with van der Waals surface area (Å²) in [5.41, 5.74) is 0. The summed E-state index contributed by atoms with van der Waals surface area (Å²) >= 11 is 23.6. The lowest BCUT2D eigenvalue weighted by Gasteiger charge is -2.10. The highest BCUT2D eigenvalue weighted by Crippen LogP contribution is 2.42. The average Bonchev–Trinajstić information content (AvgIpc) is 2.51. The highest BCUT2D eigenvalue weighted by atomic mass is 35.5. The fourth-order valence-electron chi connectivity index (χ4n) is 1.68. The van der Waals surface area contributed by atoms with E-state index >= 15 is 0 Å². The number of rotatable bonds is 8. The molecule has 1 aromatic carbocycles. The minimum absolute atomic E-state index is 0.0141. The Morgan fingerprint density at radius 3 is 2.12 bits per heavy atom. The van der Waals surface area contributed by atoms with E-state index in [4.69, 9.17) is 55.9 Å². The topological polar surface area (TPSA) is 52.6 Å². The first-order valence-corrected chi connectivity index (χ1v) is 8.92. The van der Waals surface area contributed by atoms with E-state index in [0.717, 1.165) is 0 Å². The number of hydrogen-bond acceptors (Lipinski definition) is 4. The van der Waals surface area contributed by atoms with Crippen LogP contribution in [0, 0.1) is 5.92 Å². The van der Waals surface area contributed by atoms with Gasteiger partial charge in [0.25, 0.3) is 0 Å². The Hall–Kier alpha value is -0.680. The molecule has 0 heterocycles. The monoisotopic (exact) mass is 414 g/mol. The molecule has 0 aromatic heterocycles. The van der Waals surface area contributed by atoms with Gasteiger partial charge in [-0.3, -0.25) is 9.59 Å². The van der Waals surface area contributed by atoms with Gasteiger partial charge in [-0.15, -0.1) is 0 Å². The van der Waals surface area contributed by atoms with E-state index in [1.54, 1.807) is 0 Å². The van der Waals surface area contributed by atoms with Gasteiger partial charge in [0.15, 0.2) is 5.75 Å². The van der Waals surface area contributed by atoms with Gasteiger partial charge in [0, 0.05) is 12.8 Å². The van der Waals surface area contributed by atoms with Gasteiger partial charge in [0.1, 0.15) is 5.02 Å².